The predicted octanol–water partition coefficient (Wildman–Crippen LogP) is 4.54. The molecule has 0 bridgehead atoms. The maximum absolute atomic E-state index is 14.1. The molecule has 5 rings (SSSR count). The molecular weight excluding hydrogens is 493 g/mol. The number of halogens is 2. The molecule has 5 aromatic rings. The highest BCUT2D eigenvalue weighted by Gasteiger charge is 2.22. The van der Waals surface area contributed by atoms with Gasteiger partial charge in [0.25, 0.3) is 5.56 Å². The lowest BCUT2D eigenvalue weighted by Gasteiger charge is -2.11. The Hall–Kier alpha value is -4.07. The van der Waals surface area contributed by atoms with Crippen molar-refractivity contribution in [3.63, 3.8) is 0 Å². The van der Waals surface area contributed by atoms with Gasteiger partial charge >= 0.3 is 5.69 Å². The number of benzene rings is 2. The number of nitriles is 1. The number of fused-ring (bicyclic) bond motifs is 2. The maximum atomic E-state index is 14.1. The Labute approximate surface area is 206 Å². The second-order valence-electron chi connectivity index (χ2n) is 7.50. The zero-order valence-electron chi connectivity index (χ0n) is 18.2. The molecule has 0 aliphatic heterocycles. The number of aryl methyl sites for hydroxylation is 1. The van der Waals surface area contributed by atoms with Gasteiger partial charge in [-0.05, 0) is 12.1 Å². The summed E-state index contributed by atoms with van der Waals surface area (Å²) < 4.78 is 21.6. The van der Waals surface area contributed by atoms with Crippen LogP contribution in [0.15, 0.2) is 58.4 Å². The Morgan fingerprint density at radius 2 is 2.03 bits per heavy atom. The summed E-state index contributed by atoms with van der Waals surface area (Å²) in [5.74, 6) is -0.677. The number of rotatable bonds is 5. The molecule has 0 unspecified atom stereocenters. The Balaban J connectivity index is 1.85. The zero-order chi connectivity index (χ0) is 24.7. The van der Waals surface area contributed by atoms with Gasteiger partial charge < -0.3 is 4.74 Å². The topological polar surface area (TPSA) is 103 Å². The molecule has 3 aromatic heterocycles. The summed E-state index contributed by atoms with van der Waals surface area (Å²) in [5, 5.41) is 11.0. The van der Waals surface area contributed by atoms with Crippen LogP contribution in [-0.4, -0.2) is 26.2 Å². The molecule has 0 fully saturated rings. The zero-order valence-corrected chi connectivity index (χ0v) is 19.7. The summed E-state index contributed by atoms with van der Waals surface area (Å²) in [7, 11) is 1.32. The number of nitrogens with zero attached hydrogens (tertiary/aromatic N) is 5. The van der Waals surface area contributed by atoms with E-state index in [9.17, 15) is 14.0 Å². The van der Waals surface area contributed by atoms with Gasteiger partial charge in [0.05, 0.1) is 36.5 Å². The standard InChI is InChI=1S/C24H15ClFN5O3S/c1-34-19-9-15(16(25)10-17(19)26)22-29-21-20(35-22)23(32)31(24(33)30(21)8-4-7-27)18-12-28-11-13-5-2-3-6-14(13)18/h2-3,5-6,9-12H,4,8H2,1H3. The fraction of sp³-hybridized carbons (Fsp3) is 0.125. The fourth-order valence-corrected chi connectivity index (χ4v) is 5.18. The van der Waals surface area contributed by atoms with Crippen molar-refractivity contribution in [2.45, 2.75) is 13.0 Å². The third-order valence-corrected chi connectivity index (χ3v) is 6.87. The number of pyridine rings is 1. The highest BCUT2D eigenvalue weighted by atomic mass is 35.5. The van der Waals surface area contributed by atoms with Crippen LogP contribution < -0.4 is 16.0 Å². The molecule has 0 radical (unpaired) electrons. The van der Waals surface area contributed by atoms with Crippen LogP contribution in [0.3, 0.4) is 0 Å². The Kier molecular flexibility index (Phi) is 5.80. The molecule has 35 heavy (non-hydrogen) atoms. The van der Waals surface area contributed by atoms with Crippen LogP contribution in [0, 0.1) is 17.1 Å². The first kappa shape index (κ1) is 22.7. The van der Waals surface area contributed by atoms with Crippen molar-refractivity contribution in [2.75, 3.05) is 7.11 Å². The normalized spacial score (nSPS) is 11.1. The van der Waals surface area contributed by atoms with Gasteiger partial charge in [-0.1, -0.05) is 35.9 Å². The van der Waals surface area contributed by atoms with Gasteiger partial charge in [-0.25, -0.2) is 18.7 Å². The third kappa shape index (κ3) is 3.75. The van der Waals surface area contributed by atoms with E-state index in [1.165, 1.54) is 23.9 Å². The lowest BCUT2D eigenvalue weighted by Crippen LogP contribution is -2.39. The van der Waals surface area contributed by atoms with Crippen LogP contribution in [-0.2, 0) is 6.54 Å². The van der Waals surface area contributed by atoms with E-state index in [0.29, 0.717) is 21.6 Å². The summed E-state index contributed by atoms with van der Waals surface area (Å²) >= 11 is 7.29. The summed E-state index contributed by atoms with van der Waals surface area (Å²) in [4.78, 5) is 35.9. The predicted molar refractivity (Wildman–Crippen MR) is 132 cm³/mol. The van der Waals surface area contributed by atoms with Gasteiger partial charge in [-0.2, -0.15) is 5.26 Å². The van der Waals surface area contributed by atoms with Crippen LogP contribution in [0.1, 0.15) is 6.42 Å². The number of hydrogen-bond donors (Lipinski definition) is 0. The number of ether oxygens (including phenoxy) is 1. The molecule has 0 saturated carbocycles. The lowest BCUT2D eigenvalue weighted by molar-refractivity contribution is 0.387. The van der Waals surface area contributed by atoms with Crippen molar-refractivity contribution in [3.05, 3.63) is 80.5 Å². The highest BCUT2D eigenvalue weighted by molar-refractivity contribution is 7.21. The molecule has 0 spiro atoms. The molecule has 8 nitrogen and oxygen atoms in total. The fourth-order valence-electron chi connectivity index (χ4n) is 3.85. The SMILES string of the molecule is COc1cc(-c2nc3c(s2)c(=O)n(-c2cncc4ccccc24)c(=O)n3CCC#N)c(Cl)cc1F. The van der Waals surface area contributed by atoms with E-state index in [-0.39, 0.29) is 34.1 Å². The van der Waals surface area contributed by atoms with Gasteiger partial charge in [0.15, 0.2) is 17.2 Å². The minimum atomic E-state index is -0.643. The van der Waals surface area contributed by atoms with Crippen molar-refractivity contribution in [3.8, 4) is 28.1 Å². The van der Waals surface area contributed by atoms with Crippen LogP contribution in [0.4, 0.5) is 4.39 Å². The summed E-state index contributed by atoms with van der Waals surface area (Å²) in [5.41, 5.74) is -0.426. The lowest BCUT2D eigenvalue weighted by atomic mass is 10.1. The van der Waals surface area contributed by atoms with Crippen LogP contribution in [0.2, 0.25) is 5.02 Å². The van der Waals surface area contributed by atoms with Gasteiger partial charge in [0.2, 0.25) is 0 Å². The number of aromatic nitrogens is 4. The van der Waals surface area contributed by atoms with Crippen molar-refractivity contribution < 1.29 is 9.13 Å². The van der Waals surface area contributed by atoms with Gasteiger partial charge in [-0.3, -0.25) is 14.3 Å². The minimum absolute atomic E-state index is 0.0218. The Bertz CT molecular complexity index is 1780. The smallest absolute Gasteiger partial charge is 0.337 e. The molecule has 0 saturated heterocycles. The first-order chi connectivity index (χ1) is 16.9. The Morgan fingerprint density at radius 1 is 1.23 bits per heavy atom. The van der Waals surface area contributed by atoms with Gasteiger partial charge in [0.1, 0.15) is 9.71 Å². The number of methoxy groups -OCH3 is 1. The van der Waals surface area contributed by atoms with Gasteiger partial charge in [0, 0.05) is 29.1 Å². The Morgan fingerprint density at radius 3 is 2.80 bits per heavy atom. The van der Waals surface area contributed by atoms with E-state index in [1.807, 2.05) is 18.2 Å². The first-order valence-electron chi connectivity index (χ1n) is 10.3. The average molecular weight is 508 g/mol. The van der Waals surface area contributed by atoms with E-state index in [0.717, 1.165) is 27.4 Å². The minimum Gasteiger partial charge on any atom is -0.494 e. The molecule has 0 aliphatic rings. The average Bonchev–Trinajstić information content (AvgIpc) is 3.29. The monoisotopic (exact) mass is 507 g/mol. The quantitative estimate of drug-likeness (QED) is 0.346. The van der Waals surface area contributed by atoms with E-state index in [1.54, 1.807) is 18.3 Å². The molecule has 0 aliphatic carbocycles. The van der Waals surface area contributed by atoms with Crippen LogP contribution in [0.25, 0.3) is 37.4 Å². The number of hydrogen-bond acceptors (Lipinski definition) is 7. The molecule has 2 aromatic carbocycles. The van der Waals surface area contributed by atoms with Crippen molar-refractivity contribution in [2.24, 2.45) is 0 Å². The van der Waals surface area contributed by atoms with Crippen LogP contribution >= 0.6 is 22.9 Å². The van der Waals surface area contributed by atoms with E-state index < -0.39 is 17.1 Å². The van der Waals surface area contributed by atoms with E-state index in [4.69, 9.17) is 21.6 Å². The molecule has 174 valence electrons. The molecule has 0 N–H and O–H groups in total. The molecule has 0 amide bonds. The first-order valence-corrected chi connectivity index (χ1v) is 11.5. The van der Waals surface area contributed by atoms with Gasteiger partial charge in [-0.15, -0.1) is 11.3 Å². The molecule has 3 heterocycles. The third-order valence-electron chi connectivity index (χ3n) is 5.49. The molecule has 0 atom stereocenters. The van der Waals surface area contributed by atoms with Crippen molar-refractivity contribution >= 4 is 44.1 Å². The van der Waals surface area contributed by atoms with Crippen molar-refractivity contribution in [1.82, 2.24) is 19.1 Å². The van der Waals surface area contributed by atoms with Crippen molar-refractivity contribution in [1.29, 1.82) is 5.26 Å². The summed E-state index contributed by atoms with van der Waals surface area (Å²) in [6, 6.07) is 11.8. The summed E-state index contributed by atoms with van der Waals surface area (Å²) in [6.07, 6.45) is 3.12. The largest absolute Gasteiger partial charge is 0.494 e. The molecule has 11 heteroatoms. The highest BCUT2D eigenvalue weighted by Crippen LogP contribution is 2.37. The van der Waals surface area contributed by atoms with Crippen LogP contribution in [0.5, 0.6) is 5.75 Å². The second-order valence-corrected chi connectivity index (χ2v) is 8.91. The maximum Gasteiger partial charge on any atom is 0.337 e. The second kappa shape index (κ2) is 8.94. The summed E-state index contributed by atoms with van der Waals surface area (Å²) in [6.45, 7) is 0.0218. The van der Waals surface area contributed by atoms with E-state index in [2.05, 4.69) is 9.97 Å². The number of thiazole rings is 1. The van der Waals surface area contributed by atoms with E-state index >= 15 is 0 Å². The molecular formula is C24H15ClFN5O3S.